The van der Waals surface area contributed by atoms with Gasteiger partial charge in [-0.15, -0.1) is 0 Å². The first-order chi connectivity index (χ1) is 14.5. The minimum atomic E-state index is -0.265. The van der Waals surface area contributed by atoms with E-state index in [4.69, 9.17) is 0 Å². The van der Waals surface area contributed by atoms with Crippen LogP contribution in [0.2, 0.25) is 0 Å². The summed E-state index contributed by atoms with van der Waals surface area (Å²) in [6.45, 7) is 5.04. The van der Waals surface area contributed by atoms with E-state index in [2.05, 4.69) is 27.9 Å². The normalized spacial score (nSPS) is 10.6. The molecule has 0 aliphatic heterocycles. The van der Waals surface area contributed by atoms with Gasteiger partial charge in [-0.1, -0.05) is 43.0 Å². The highest BCUT2D eigenvalue weighted by atomic mass is 16.1. The van der Waals surface area contributed by atoms with E-state index in [9.17, 15) is 9.59 Å². The monoisotopic (exact) mass is 393 g/mol. The number of ketones is 1. The van der Waals surface area contributed by atoms with Gasteiger partial charge in [-0.05, 0) is 54.0 Å². The Morgan fingerprint density at radius 3 is 2.50 bits per heavy atom. The third-order valence-corrected chi connectivity index (χ3v) is 4.86. The number of nitrogens with zero attached hydrogens (tertiary/aromatic N) is 2. The second-order valence-corrected chi connectivity index (χ2v) is 6.89. The molecule has 0 saturated carbocycles. The molecule has 0 unspecified atom stereocenters. The zero-order chi connectivity index (χ0) is 21.1. The highest BCUT2D eigenvalue weighted by molar-refractivity contribution is 6.01. The molecule has 146 valence electrons. The van der Waals surface area contributed by atoms with Crippen molar-refractivity contribution in [3.8, 4) is 22.3 Å². The predicted molar refractivity (Wildman–Crippen MR) is 119 cm³/mol. The second-order valence-electron chi connectivity index (χ2n) is 6.89. The average Bonchev–Trinajstić information content (AvgIpc) is 2.78. The Morgan fingerprint density at radius 2 is 1.77 bits per heavy atom. The Kier molecular flexibility index (Phi) is 5.18. The zero-order valence-electron chi connectivity index (χ0n) is 16.4. The maximum Gasteiger partial charge on any atom is 0.247 e. The number of carbonyl (C=O) groups excluding carboxylic acids is 2. The molecule has 0 atom stereocenters. The number of hydrogen-bond acceptors (Lipinski definition) is 4. The highest BCUT2D eigenvalue weighted by Crippen LogP contribution is 2.34. The van der Waals surface area contributed by atoms with Gasteiger partial charge in [0.05, 0.1) is 5.52 Å². The van der Waals surface area contributed by atoms with Crippen LogP contribution in [0.25, 0.3) is 33.2 Å². The fraction of sp³-hybridized carbons (Fsp3) is 0.0400. The number of benzene rings is 3. The van der Waals surface area contributed by atoms with E-state index in [-0.39, 0.29) is 11.7 Å². The van der Waals surface area contributed by atoms with Gasteiger partial charge in [0, 0.05) is 28.4 Å². The number of anilines is 1. The summed E-state index contributed by atoms with van der Waals surface area (Å²) in [6, 6.07) is 19.2. The van der Waals surface area contributed by atoms with E-state index in [1.807, 2.05) is 54.6 Å². The van der Waals surface area contributed by atoms with Gasteiger partial charge in [0.15, 0.2) is 5.78 Å². The lowest BCUT2D eigenvalue weighted by Crippen LogP contribution is -2.07. The molecule has 3 aromatic carbocycles. The predicted octanol–water partition coefficient (Wildman–Crippen LogP) is 5.29. The van der Waals surface area contributed by atoms with Crippen molar-refractivity contribution in [2.24, 2.45) is 0 Å². The fourth-order valence-corrected chi connectivity index (χ4v) is 3.35. The highest BCUT2D eigenvalue weighted by Gasteiger charge is 2.11. The van der Waals surface area contributed by atoms with Gasteiger partial charge in [0.2, 0.25) is 5.91 Å². The second kappa shape index (κ2) is 8.09. The largest absolute Gasteiger partial charge is 0.323 e. The van der Waals surface area contributed by atoms with E-state index in [1.165, 1.54) is 12.4 Å². The quantitative estimate of drug-likeness (QED) is 0.369. The Balaban J connectivity index is 1.85. The molecule has 1 aromatic heterocycles. The molecule has 0 fully saturated rings. The molecule has 1 heterocycles. The van der Waals surface area contributed by atoms with Gasteiger partial charge in [0.25, 0.3) is 0 Å². The maximum absolute atomic E-state index is 11.7. The van der Waals surface area contributed by atoms with Crippen LogP contribution in [0.4, 0.5) is 5.69 Å². The van der Waals surface area contributed by atoms with Gasteiger partial charge in [-0.2, -0.15) is 0 Å². The molecule has 0 spiro atoms. The molecule has 4 rings (SSSR count). The number of fused-ring (bicyclic) bond motifs is 1. The Morgan fingerprint density at radius 1 is 0.967 bits per heavy atom. The topological polar surface area (TPSA) is 72.0 Å². The van der Waals surface area contributed by atoms with Crippen LogP contribution in [0.5, 0.6) is 0 Å². The molecule has 1 N–H and O–H groups in total. The molecule has 0 aliphatic rings. The summed E-state index contributed by atoms with van der Waals surface area (Å²) >= 11 is 0. The van der Waals surface area contributed by atoms with Gasteiger partial charge in [-0.3, -0.25) is 9.59 Å². The zero-order valence-corrected chi connectivity index (χ0v) is 16.4. The molecule has 1 amide bonds. The number of hydrogen-bond donors (Lipinski definition) is 1. The summed E-state index contributed by atoms with van der Waals surface area (Å²) < 4.78 is 0. The van der Waals surface area contributed by atoms with Gasteiger partial charge in [-0.25, -0.2) is 9.97 Å². The molecule has 30 heavy (non-hydrogen) atoms. The van der Waals surface area contributed by atoms with E-state index < -0.39 is 0 Å². The number of aromatic nitrogens is 2. The molecule has 4 aromatic rings. The summed E-state index contributed by atoms with van der Waals surface area (Å²) in [4.78, 5) is 31.9. The van der Waals surface area contributed by atoms with Crippen LogP contribution >= 0.6 is 0 Å². The average molecular weight is 393 g/mol. The van der Waals surface area contributed by atoms with Crippen molar-refractivity contribution < 1.29 is 9.59 Å². The lowest BCUT2D eigenvalue weighted by atomic mass is 9.95. The Labute approximate surface area is 174 Å². The summed E-state index contributed by atoms with van der Waals surface area (Å²) in [5, 5.41) is 3.70. The summed E-state index contributed by atoms with van der Waals surface area (Å²) in [5.74, 6) is -0.230. The Bertz CT molecular complexity index is 1280. The summed E-state index contributed by atoms with van der Waals surface area (Å²) in [6.07, 6.45) is 4.54. The number of carbonyl (C=O) groups is 2. The van der Waals surface area contributed by atoms with Crippen molar-refractivity contribution >= 4 is 28.3 Å². The van der Waals surface area contributed by atoms with Crippen LogP contribution in [-0.2, 0) is 4.79 Å². The minimum Gasteiger partial charge on any atom is -0.323 e. The lowest BCUT2D eigenvalue weighted by molar-refractivity contribution is -0.111. The van der Waals surface area contributed by atoms with Crippen molar-refractivity contribution in [1.29, 1.82) is 0 Å². The van der Waals surface area contributed by atoms with E-state index in [1.54, 1.807) is 13.1 Å². The number of nitrogens with one attached hydrogen (secondary N) is 1. The van der Waals surface area contributed by atoms with Crippen molar-refractivity contribution in [3.63, 3.8) is 0 Å². The van der Waals surface area contributed by atoms with E-state index >= 15 is 0 Å². The number of rotatable bonds is 5. The van der Waals surface area contributed by atoms with Crippen molar-refractivity contribution in [2.45, 2.75) is 6.92 Å². The summed E-state index contributed by atoms with van der Waals surface area (Å²) in [5.41, 5.74) is 6.00. The third kappa shape index (κ3) is 3.86. The summed E-state index contributed by atoms with van der Waals surface area (Å²) in [7, 11) is 0. The molecule has 0 bridgehead atoms. The standard InChI is InChI=1S/C25H19N3O2/c1-3-24(30)28-22-6-4-5-19(12-22)23-13-20(11-21-14-26-15-27-25(21)23)18-9-7-17(8-10-18)16(2)29/h3-15H,1H2,2H3,(H,28,30). The first-order valence-electron chi connectivity index (χ1n) is 9.44. The lowest BCUT2D eigenvalue weighted by Gasteiger charge is -2.12. The van der Waals surface area contributed by atoms with Crippen LogP contribution in [-0.4, -0.2) is 21.7 Å². The van der Waals surface area contributed by atoms with Crippen LogP contribution in [0, 0.1) is 0 Å². The SMILES string of the molecule is C=CC(=O)Nc1cccc(-c2cc(-c3ccc(C(C)=O)cc3)cc3cncnc23)c1. The fourth-order valence-electron chi connectivity index (χ4n) is 3.35. The van der Waals surface area contributed by atoms with E-state index in [0.29, 0.717) is 11.3 Å². The molecule has 0 radical (unpaired) electrons. The van der Waals surface area contributed by atoms with Crippen molar-refractivity contribution in [3.05, 3.63) is 91.4 Å². The maximum atomic E-state index is 11.7. The smallest absolute Gasteiger partial charge is 0.247 e. The third-order valence-electron chi connectivity index (χ3n) is 4.86. The number of amides is 1. The number of Topliss-reactive ketones (excluding diaryl/α,β-unsaturated/α-hetero) is 1. The van der Waals surface area contributed by atoms with Crippen LogP contribution < -0.4 is 5.32 Å². The molecule has 5 nitrogen and oxygen atoms in total. The van der Waals surface area contributed by atoms with Crippen LogP contribution in [0.15, 0.2) is 85.8 Å². The van der Waals surface area contributed by atoms with Crippen molar-refractivity contribution in [1.82, 2.24) is 9.97 Å². The van der Waals surface area contributed by atoms with E-state index in [0.717, 1.165) is 33.2 Å². The molecular weight excluding hydrogens is 374 g/mol. The Hall–Kier alpha value is -4.12. The first-order valence-corrected chi connectivity index (χ1v) is 9.44. The molecular formula is C25H19N3O2. The van der Waals surface area contributed by atoms with Gasteiger partial charge >= 0.3 is 0 Å². The van der Waals surface area contributed by atoms with Gasteiger partial charge < -0.3 is 5.32 Å². The van der Waals surface area contributed by atoms with Gasteiger partial charge in [0.1, 0.15) is 6.33 Å². The molecule has 0 aliphatic carbocycles. The van der Waals surface area contributed by atoms with Crippen LogP contribution in [0.3, 0.4) is 0 Å². The molecule has 0 saturated heterocycles. The van der Waals surface area contributed by atoms with Crippen molar-refractivity contribution in [2.75, 3.05) is 5.32 Å². The first kappa shape index (κ1) is 19.2. The minimum absolute atomic E-state index is 0.0348. The van der Waals surface area contributed by atoms with Crippen LogP contribution in [0.1, 0.15) is 17.3 Å². The molecule has 5 heteroatoms.